The van der Waals surface area contributed by atoms with E-state index in [0.29, 0.717) is 6.04 Å². The summed E-state index contributed by atoms with van der Waals surface area (Å²) in [5.41, 5.74) is 5.93. The van der Waals surface area contributed by atoms with Crippen LogP contribution in [0.25, 0.3) is 0 Å². The minimum Gasteiger partial charge on any atom is -0.493 e. The molecule has 0 saturated heterocycles. The summed E-state index contributed by atoms with van der Waals surface area (Å²) in [7, 11) is 0. The fourth-order valence-electron chi connectivity index (χ4n) is 4.75. The van der Waals surface area contributed by atoms with Crippen molar-refractivity contribution in [3.8, 4) is 5.75 Å². The van der Waals surface area contributed by atoms with Crippen LogP contribution < -0.4 is 16.0 Å². The number of rotatable bonds is 5. The second-order valence-corrected chi connectivity index (χ2v) is 7.04. The number of aryl methyl sites for hydroxylation is 1. The number of hydrogen-bond acceptors (Lipinski definition) is 3. The first-order valence-corrected chi connectivity index (χ1v) is 8.57. The number of ether oxygens (including phenoxy) is 1. The lowest BCUT2D eigenvalue weighted by Gasteiger charge is -2.16. The first-order valence-electron chi connectivity index (χ1n) is 8.57. The molecule has 3 N–H and O–H groups in total. The van der Waals surface area contributed by atoms with Crippen LogP contribution in [0.4, 0.5) is 0 Å². The van der Waals surface area contributed by atoms with Crippen LogP contribution in [0.1, 0.15) is 43.2 Å². The second-order valence-electron chi connectivity index (χ2n) is 7.04. The van der Waals surface area contributed by atoms with Gasteiger partial charge in [0, 0.05) is 12.5 Å². The molecule has 1 aromatic rings. The van der Waals surface area contributed by atoms with E-state index in [9.17, 15) is 0 Å². The van der Waals surface area contributed by atoms with Crippen LogP contribution in [0.15, 0.2) is 18.2 Å². The van der Waals surface area contributed by atoms with Crippen molar-refractivity contribution in [3.63, 3.8) is 0 Å². The van der Waals surface area contributed by atoms with E-state index < -0.39 is 0 Å². The van der Waals surface area contributed by atoms with Gasteiger partial charge in [-0.25, -0.2) is 0 Å². The zero-order chi connectivity index (χ0) is 14.2. The highest BCUT2D eigenvalue weighted by Crippen LogP contribution is 2.57. The molecule has 2 aliphatic carbocycles. The molecule has 3 aliphatic rings. The Morgan fingerprint density at radius 3 is 2.81 bits per heavy atom. The molecular weight excluding hydrogens is 260 g/mol. The van der Waals surface area contributed by atoms with Crippen molar-refractivity contribution < 1.29 is 4.74 Å². The first kappa shape index (κ1) is 13.6. The molecule has 0 aromatic heterocycles. The van der Waals surface area contributed by atoms with Gasteiger partial charge in [-0.15, -0.1) is 0 Å². The van der Waals surface area contributed by atoms with Crippen LogP contribution in [0, 0.1) is 17.8 Å². The van der Waals surface area contributed by atoms with Gasteiger partial charge >= 0.3 is 0 Å². The van der Waals surface area contributed by atoms with Crippen molar-refractivity contribution in [1.82, 2.24) is 5.43 Å². The van der Waals surface area contributed by atoms with Gasteiger partial charge in [-0.3, -0.25) is 11.3 Å². The van der Waals surface area contributed by atoms with Crippen LogP contribution in [0.3, 0.4) is 0 Å². The largest absolute Gasteiger partial charge is 0.493 e. The molecule has 21 heavy (non-hydrogen) atoms. The van der Waals surface area contributed by atoms with E-state index in [2.05, 4.69) is 23.6 Å². The van der Waals surface area contributed by atoms with E-state index in [1.165, 1.54) is 36.8 Å². The average Bonchev–Trinajstić information content (AvgIpc) is 3.05. The Morgan fingerprint density at radius 2 is 2.05 bits per heavy atom. The van der Waals surface area contributed by atoms with Gasteiger partial charge in [0.25, 0.3) is 0 Å². The number of benzene rings is 1. The zero-order valence-electron chi connectivity index (χ0n) is 12.7. The van der Waals surface area contributed by atoms with Gasteiger partial charge in [0.2, 0.25) is 0 Å². The van der Waals surface area contributed by atoms with E-state index in [0.717, 1.165) is 49.4 Å². The fraction of sp³-hybridized carbons (Fsp3) is 0.667. The number of hydrazine groups is 1. The molecule has 3 heteroatoms. The molecular formula is C18H26N2O. The van der Waals surface area contributed by atoms with E-state index >= 15 is 0 Å². The quantitative estimate of drug-likeness (QED) is 0.646. The van der Waals surface area contributed by atoms with E-state index in [4.69, 9.17) is 10.6 Å². The lowest BCUT2D eigenvalue weighted by atomic mass is 9.99. The molecule has 1 aliphatic heterocycles. The van der Waals surface area contributed by atoms with Crippen molar-refractivity contribution in [2.24, 2.45) is 23.6 Å². The molecule has 114 valence electrons. The lowest BCUT2D eigenvalue weighted by Crippen LogP contribution is -2.38. The Kier molecular flexibility index (Phi) is 3.64. The van der Waals surface area contributed by atoms with Crippen LogP contribution in [-0.2, 0) is 12.8 Å². The fourth-order valence-corrected chi connectivity index (χ4v) is 4.75. The molecule has 0 bridgehead atoms. The number of nitrogens with one attached hydrogen (secondary N) is 1. The highest BCUT2D eigenvalue weighted by molar-refractivity contribution is 5.39. The Morgan fingerprint density at radius 1 is 1.24 bits per heavy atom. The number of hydrogen-bond donors (Lipinski definition) is 2. The average molecular weight is 286 g/mol. The van der Waals surface area contributed by atoms with Crippen molar-refractivity contribution in [2.75, 3.05) is 6.61 Å². The smallest absolute Gasteiger partial charge is 0.122 e. The predicted octanol–water partition coefficient (Wildman–Crippen LogP) is 2.82. The number of nitrogens with two attached hydrogens (primary N) is 1. The van der Waals surface area contributed by atoms with Crippen molar-refractivity contribution in [3.05, 3.63) is 29.3 Å². The molecule has 3 unspecified atom stereocenters. The lowest BCUT2D eigenvalue weighted by molar-refractivity contribution is 0.357. The van der Waals surface area contributed by atoms with Crippen molar-refractivity contribution in [2.45, 2.75) is 51.0 Å². The SMILES string of the molecule is NNC(CCc1ccc2c(c1)CCO2)C1C2CCCCC21. The third-order valence-electron chi connectivity index (χ3n) is 5.90. The summed E-state index contributed by atoms with van der Waals surface area (Å²) in [5.74, 6) is 9.71. The van der Waals surface area contributed by atoms with Crippen LogP contribution in [-0.4, -0.2) is 12.6 Å². The molecule has 3 atom stereocenters. The summed E-state index contributed by atoms with van der Waals surface area (Å²) in [5, 5.41) is 0. The zero-order valence-corrected chi connectivity index (χ0v) is 12.7. The molecule has 3 nitrogen and oxygen atoms in total. The van der Waals surface area contributed by atoms with Crippen LogP contribution in [0.2, 0.25) is 0 Å². The van der Waals surface area contributed by atoms with Gasteiger partial charge < -0.3 is 4.74 Å². The van der Waals surface area contributed by atoms with Crippen molar-refractivity contribution >= 4 is 0 Å². The molecule has 1 heterocycles. The maximum atomic E-state index is 5.85. The Bertz CT molecular complexity index is 504. The summed E-state index contributed by atoms with van der Waals surface area (Å²) in [6.45, 7) is 0.844. The minimum absolute atomic E-state index is 0.502. The normalized spacial score (nSPS) is 31.2. The molecule has 1 aromatic carbocycles. The Labute approximate surface area is 127 Å². The maximum Gasteiger partial charge on any atom is 0.122 e. The van der Waals surface area contributed by atoms with Gasteiger partial charge in [0.1, 0.15) is 5.75 Å². The molecule has 4 rings (SSSR count). The Hall–Kier alpha value is -1.06. The maximum absolute atomic E-state index is 5.85. The van der Waals surface area contributed by atoms with Crippen LogP contribution >= 0.6 is 0 Å². The van der Waals surface area contributed by atoms with Gasteiger partial charge in [0.15, 0.2) is 0 Å². The molecule has 2 fully saturated rings. The third kappa shape index (κ3) is 2.58. The van der Waals surface area contributed by atoms with E-state index in [1.807, 2.05) is 0 Å². The van der Waals surface area contributed by atoms with Crippen LogP contribution in [0.5, 0.6) is 5.75 Å². The van der Waals surface area contributed by atoms with Gasteiger partial charge in [-0.2, -0.15) is 0 Å². The summed E-state index contributed by atoms with van der Waals surface area (Å²) in [4.78, 5) is 0. The van der Waals surface area contributed by atoms with Gasteiger partial charge in [-0.05, 0) is 60.6 Å². The summed E-state index contributed by atoms with van der Waals surface area (Å²) in [6.07, 6.45) is 9.08. The molecule has 2 saturated carbocycles. The second kappa shape index (κ2) is 5.62. The predicted molar refractivity (Wildman–Crippen MR) is 84.0 cm³/mol. The van der Waals surface area contributed by atoms with Gasteiger partial charge in [0.05, 0.1) is 6.61 Å². The topological polar surface area (TPSA) is 47.3 Å². The Balaban J connectivity index is 1.37. The minimum atomic E-state index is 0.502. The monoisotopic (exact) mass is 286 g/mol. The van der Waals surface area contributed by atoms with Gasteiger partial charge in [-0.1, -0.05) is 25.0 Å². The highest BCUT2D eigenvalue weighted by Gasteiger charge is 2.53. The molecule has 0 radical (unpaired) electrons. The first-order chi connectivity index (χ1) is 10.4. The van der Waals surface area contributed by atoms with Crippen molar-refractivity contribution in [1.29, 1.82) is 0 Å². The summed E-state index contributed by atoms with van der Waals surface area (Å²) < 4.78 is 5.58. The summed E-state index contributed by atoms with van der Waals surface area (Å²) >= 11 is 0. The third-order valence-corrected chi connectivity index (χ3v) is 5.90. The molecule has 0 amide bonds. The van der Waals surface area contributed by atoms with E-state index in [1.54, 1.807) is 0 Å². The standard InChI is InChI=1S/C18H26N2O/c19-20-16(18-14-3-1-2-4-15(14)18)7-5-12-6-8-17-13(11-12)9-10-21-17/h6,8,11,14-16,18,20H,1-5,7,9-10,19H2. The number of fused-ring (bicyclic) bond motifs is 2. The highest BCUT2D eigenvalue weighted by atomic mass is 16.5. The van der Waals surface area contributed by atoms with E-state index in [-0.39, 0.29) is 0 Å². The summed E-state index contributed by atoms with van der Waals surface area (Å²) in [6, 6.07) is 7.19. The molecule has 0 spiro atoms.